The van der Waals surface area contributed by atoms with E-state index in [9.17, 15) is 4.79 Å². The molecule has 5 heteroatoms. The van der Waals surface area contributed by atoms with Gasteiger partial charge < -0.3 is 10.6 Å². The summed E-state index contributed by atoms with van der Waals surface area (Å²) >= 11 is 5.81. The molecule has 1 atom stereocenters. The summed E-state index contributed by atoms with van der Waals surface area (Å²) < 4.78 is 0. The van der Waals surface area contributed by atoms with E-state index >= 15 is 0 Å². The minimum atomic E-state index is -0.0158. The third kappa shape index (κ3) is 2.04. The molecule has 4 nitrogen and oxygen atoms in total. The van der Waals surface area contributed by atoms with Gasteiger partial charge >= 0.3 is 0 Å². The molecular formula is C10H12ClN3O. The zero-order valence-electron chi connectivity index (χ0n) is 8.38. The van der Waals surface area contributed by atoms with E-state index in [2.05, 4.69) is 15.6 Å². The molecule has 1 aliphatic heterocycles. The van der Waals surface area contributed by atoms with E-state index in [0.717, 1.165) is 6.42 Å². The maximum atomic E-state index is 11.7. The topological polar surface area (TPSA) is 54.0 Å². The average Bonchev–Trinajstić information content (AvgIpc) is 2.35. The van der Waals surface area contributed by atoms with Crippen molar-refractivity contribution >= 4 is 29.0 Å². The van der Waals surface area contributed by atoms with Gasteiger partial charge in [-0.05, 0) is 12.5 Å². The second-order valence-corrected chi connectivity index (χ2v) is 3.96. The van der Waals surface area contributed by atoms with E-state index in [-0.39, 0.29) is 11.8 Å². The molecule has 0 bridgehead atoms. The summed E-state index contributed by atoms with van der Waals surface area (Å²) in [5, 5.41) is 6.47. The Bertz CT molecular complexity index is 394. The Hall–Kier alpha value is -1.29. The lowest BCUT2D eigenvalue weighted by Crippen LogP contribution is -2.24. The quantitative estimate of drug-likeness (QED) is 0.770. The summed E-state index contributed by atoms with van der Waals surface area (Å²) in [5.74, 6) is 0.689. The van der Waals surface area contributed by atoms with Gasteiger partial charge in [-0.1, -0.05) is 18.5 Å². The molecule has 1 unspecified atom stereocenters. The van der Waals surface area contributed by atoms with Crippen molar-refractivity contribution in [2.24, 2.45) is 5.92 Å². The van der Waals surface area contributed by atoms with Gasteiger partial charge in [0.1, 0.15) is 5.82 Å². The average molecular weight is 226 g/mol. The second-order valence-electron chi connectivity index (χ2n) is 3.53. The lowest BCUT2D eigenvalue weighted by atomic mass is 10.1. The van der Waals surface area contributed by atoms with Crippen molar-refractivity contribution in [3.63, 3.8) is 0 Å². The van der Waals surface area contributed by atoms with Crippen LogP contribution < -0.4 is 10.6 Å². The Labute approximate surface area is 93.0 Å². The molecule has 2 rings (SSSR count). The predicted octanol–water partition coefficient (Wildman–Crippen LogP) is 2.13. The fourth-order valence-electron chi connectivity index (χ4n) is 1.55. The van der Waals surface area contributed by atoms with Gasteiger partial charge in [-0.3, -0.25) is 4.79 Å². The molecule has 1 aromatic heterocycles. The number of hydrogen-bond acceptors (Lipinski definition) is 3. The summed E-state index contributed by atoms with van der Waals surface area (Å²) in [6.45, 7) is 2.60. The standard InChI is InChI=1S/C10H12ClN3O/c1-2-6-4-12-9-8(14-10(6)15)3-7(11)5-13-9/h3,5-6H,2,4H2,1H3,(H,12,13)(H,14,15). The van der Waals surface area contributed by atoms with Crippen LogP contribution in [0.5, 0.6) is 0 Å². The largest absolute Gasteiger partial charge is 0.368 e. The van der Waals surface area contributed by atoms with Crippen LogP contribution in [0.3, 0.4) is 0 Å². The first kappa shape index (κ1) is 10.2. The molecule has 0 saturated carbocycles. The molecule has 0 saturated heterocycles. The van der Waals surface area contributed by atoms with E-state index in [1.807, 2.05) is 6.92 Å². The second kappa shape index (κ2) is 4.06. The van der Waals surface area contributed by atoms with Crippen molar-refractivity contribution in [3.05, 3.63) is 17.3 Å². The van der Waals surface area contributed by atoms with Gasteiger partial charge in [0, 0.05) is 12.7 Å². The van der Waals surface area contributed by atoms with Gasteiger partial charge in [-0.2, -0.15) is 0 Å². The zero-order chi connectivity index (χ0) is 10.8. The Kier molecular flexibility index (Phi) is 2.77. The van der Waals surface area contributed by atoms with E-state index in [4.69, 9.17) is 11.6 Å². The van der Waals surface area contributed by atoms with Gasteiger partial charge in [-0.25, -0.2) is 4.98 Å². The maximum Gasteiger partial charge on any atom is 0.229 e. The summed E-state index contributed by atoms with van der Waals surface area (Å²) in [6.07, 6.45) is 2.37. The Morgan fingerprint density at radius 2 is 2.47 bits per heavy atom. The third-order valence-corrected chi connectivity index (χ3v) is 2.70. The molecule has 0 spiro atoms. The van der Waals surface area contributed by atoms with Crippen LogP contribution in [0.2, 0.25) is 5.02 Å². The van der Waals surface area contributed by atoms with Crippen molar-refractivity contribution in [2.75, 3.05) is 17.2 Å². The van der Waals surface area contributed by atoms with Crippen molar-refractivity contribution in [1.29, 1.82) is 0 Å². The van der Waals surface area contributed by atoms with Gasteiger partial charge in [-0.15, -0.1) is 0 Å². The molecule has 0 aromatic carbocycles. The first-order chi connectivity index (χ1) is 7.20. The number of carbonyl (C=O) groups is 1. The number of amides is 1. The fourth-order valence-corrected chi connectivity index (χ4v) is 1.71. The van der Waals surface area contributed by atoms with Crippen LogP contribution >= 0.6 is 11.6 Å². The third-order valence-electron chi connectivity index (χ3n) is 2.49. The van der Waals surface area contributed by atoms with Gasteiger partial charge in [0.05, 0.1) is 16.6 Å². The van der Waals surface area contributed by atoms with Gasteiger partial charge in [0.15, 0.2) is 0 Å². The summed E-state index contributed by atoms with van der Waals surface area (Å²) in [7, 11) is 0. The number of nitrogens with one attached hydrogen (secondary N) is 2. The van der Waals surface area contributed by atoms with Crippen LogP contribution in [0.4, 0.5) is 11.5 Å². The first-order valence-corrected chi connectivity index (χ1v) is 5.28. The molecular weight excluding hydrogens is 214 g/mol. The van der Waals surface area contributed by atoms with Gasteiger partial charge in [0.25, 0.3) is 0 Å². The van der Waals surface area contributed by atoms with Crippen LogP contribution in [0.15, 0.2) is 12.3 Å². The molecule has 15 heavy (non-hydrogen) atoms. The molecule has 2 N–H and O–H groups in total. The number of anilines is 2. The number of nitrogens with zero attached hydrogens (tertiary/aromatic N) is 1. The van der Waals surface area contributed by atoms with Crippen molar-refractivity contribution in [1.82, 2.24) is 4.98 Å². The molecule has 80 valence electrons. The normalized spacial score (nSPS) is 19.9. The van der Waals surface area contributed by atoms with Crippen molar-refractivity contribution in [2.45, 2.75) is 13.3 Å². The minimum Gasteiger partial charge on any atom is -0.368 e. The monoisotopic (exact) mass is 225 g/mol. The number of aromatic nitrogens is 1. The lowest BCUT2D eigenvalue weighted by Gasteiger charge is -2.08. The van der Waals surface area contributed by atoms with E-state index in [1.165, 1.54) is 0 Å². The Balaban J connectivity index is 2.31. The SMILES string of the molecule is CCC1CNc2ncc(Cl)cc2NC1=O. The lowest BCUT2D eigenvalue weighted by molar-refractivity contribution is -0.119. The number of fused-ring (bicyclic) bond motifs is 1. The van der Waals surface area contributed by atoms with E-state index in [1.54, 1.807) is 12.3 Å². The molecule has 1 amide bonds. The highest BCUT2D eigenvalue weighted by Crippen LogP contribution is 2.26. The van der Waals surface area contributed by atoms with E-state index < -0.39 is 0 Å². The number of halogens is 1. The molecule has 0 radical (unpaired) electrons. The Morgan fingerprint density at radius 1 is 1.67 bits per heavy atom. The predicted molar refractivity (Wildman–Crippen MR) is 60.1 cm³/mol. The highest BCUT2D eigenvalue weighted by molar-refractivity contribution is 6.30. The highest BCUT2D eigenvalue weighted by atomic mass is 35.5. The number of hydrogen-bond donors (Lipinski definition) is 2. The first-order valence-electron chi connectivity index (χ1n) is 4.91. The van der Waals surface area contributed by atoms with Crippen LogP contribution in [0.1, 0.15) is 13.3 Å². The summed E-state index contributed by atoms with van der Waals surface area (Å²) in [4.78, 5) is 15.8. The molecule has 1 aliphatic rings. The van der Waals surface area contributed by atoms with Gasteiger partial charge in [0.2, 0.25) is 5.91 Å². The van der Waals surface area contributed by atoms with Crippen LogP contribution in [-0.2, 0) is 4.79 Å². The molecule has 1 aromatic rings. The van der Waals surface area contributed by atoms with Crippen molar-refractivity contribution in [3.8, 4) is 0 Å². The highest BCUT2D eigenvalue weighted by Gasteiger charge is 2.22. The smallest absolute Gasteiger partial charge is 0.229 e. The number of carbonyl (C=O) groups excluding carboxylic acids is 1. The zero-order valence-corrected chi connectivity index (χ0v) is 9.14. The minimum absolute atomic E-state index is 0.0158. The Morgan fingerprint density at radius 3 is 3.20 bits per heavy atom. The molecule has 0 fully saturated rings. The molecule has 2 heterocycles. The van der Waals surface area contributed by atoms with Crippen LogP contribution in [0.25, 0.3) is 0 Å². The van der Waals surface area contributed by atoms with Crippen LogP contribution in [0, 0.1) is 5.92 Å². The summed E-state index contributed by atoms with van der Waals surface area (Å²) in [5.41, 5.74) is 0.656. The maximum absolute atomic E-state index is 11.7. The number of pyridine rings is 1. The number of rotatable bonds is 1. The van der Waals surface area contributed by atoms with Crippen LogP contribution in [-0.4, -0.2) is 17.4 Å². The summed E-state index contributed by atoms with van der Waals surface area (Å²) in [6, 6.07) is 1.70. The van der Waals surface area contributed by atoms with Crippen molar-refractivity contribution < 1.29 is 4.79 Å². The fraction of sp³-hybridized carbons (Fsp3) is 0.400. The van der Waals surface area contributed by atoms with E-state index in [0.29, 0.717) is 23.1 Å². The molecule has 0 aliphatic carbocycles.